The van der Waals surface area contributed by atoms with Gasteiger partial charge in [-0.25, -0.2) is 0 Å². The van der Waals surface area contributed by atoms with Gasteiger partial charge in [-0.15, -0.1) is 0 Å². The Kier molecular flexibility index (Phi) is 6.49. The highest BCUT2D eigenvalue weighted by Gasteiger charge is 2.17. The summed E-state index contributed by atoms with van der Waals surface area (Å²) in [5.74, 6) is -0.295. The van der Waals surface area contributed by atoms with Crippen LogP contribution < -0.4 is 0 Å². The van der Waals surface area contributed by atoms with Gasteiger partial charge in [0.15, 0.2) is 0 Å². The summed E-state index contributed by atoms with van der Waals surface area (Å²) < 4.78 is 4.84. The van der Waals surface area contributed by atoms with E-state index in [2.05, 4.69) is 0 Å². The Morgan fingerprint density at radius 3 is 2.42 bits per heavy atom. The van der Waals surface area contributed by atoms with Crippen LogP contribution in [0.2, 0.25) is 0 Å². The molecule has 0 aliphatic heterocycles. The van der Waals surface area contributed by atoms with Crippen LogP contribution in [0.5, 0.6) is 0 Å². The molecular formula is C14H20O5. The Morgan fingerprint density at radius 1 is 1.26 bits per heavy atom. The van der Waals surface area contributed by atoms with E-state index in [1.54, 1.807) is 31.2 Å². The number of carbonyl (C=O) groups is 1. The third kappa shape index (κ3) is 4.98. The minimum atomic E-state index is -1.04. The SMILES string of the molecule is CCOC(=O)Cc1ccc(C(O)C(O)CCO)cc1. The standard InChI is InChI=1S/C14H20O5/c1-2-19-13(17)9-10-3-5-11(6-4-10)14(18)12(16)7-8-15/h3-6,12,14-16,18H,2,7-9H2,1H3. The highest BCUT2D eigenvalue weighted by molar-refractivity contribution is 5.72. The average Bonchev–Trinajstić information content (AvgIpc) is 2.39. The smallest absolute Gasteiger partial charge is 0.310 e. The lowest BCUT2D eigenvalue weighted by atomic mass is 10.0. The van der Waals surface area contributed by atoms with Crippen LogP contribution in [0.3, 0.4) is 0 Å². The fraction of sp³-hybridized carbons (Fsp3) is 0.500. The van der Waals surface area contributed by atoms with Crippen LogP contribution in [0.1, 0.15) is 30.6 Å². The lowest BCUT2D eigenvalue weighted by molar-refractivity contribution is -0.142. The highest BCUT2D eigenvalue weighted by Crippen LogP contribution is 2.19. The fourth-order valence-corrected chi connectivity index (χ4v) is 1.72. The molecule has 0 spiro atoms. The molecule has 0 aromatic heterocycles. The van der Waals surface area contributed by atoms with Gasteiger partial charge in [0.05, 0.1) is 19.1 Å². The molecule has 0 aliphatic rings. The number of carbonyl (C=O) groups excluding carboxylic acids is 1. The van der Waals surface area contributed by atoms with Crippen molar-refractivity contribution in [1.29, 1.82) is 0 Å². The largest absolute Gasteiger partial charge is 0.466 e. The molecule has 3 N–H and O–H groups in total. The fourth-order valence-electron chi connectivity index (χ4n) is 1.72. The first kappa shape index (κ1) is 15.6. The molecule has 2 atom stereocenters. The zero-order valence-electron chi connectivity index (χ0n) is 11.0. The number of aliphatic hydroxyl groups is 3. The molecule has 1 aromatic carbocycles. The van der Waals surface area contributed by atoms with Crippen molar-refractivity contribution < 1.29 is 24.9 Å². The van der Waals surface area contributed by atoms with Crippen LogP contribution in [0.25, 0.3) is 0 Å². The van der Waals surface area contributed by atoms with Crippen LogP contribution in [0, 0.1) is 0 Å². The number of aliphatic hydroxyl groups excluding tert-OH is 3. The number of rotatable bonds is 7. The molecule has 19 heavy (non-hydrogen) atoms. The van der Waals surface area contributed by atoms with Crippen molar-refractivity contribution in [2.45, 2.75) is 32.0 Å². The molecule has 0 aliphatic carbocycles. The van der Waals surface area contributed by atoms with Gasteiger partial charge in [0, 0.05) is 6.61 Å². The molecule has 0 fully saturated rings. The summed E-state index contributed by atoms with van der Waals surface area (Å²) in [6, 6.07) is 6.72. The van der Waals surface area contributed by atoms with E-state index < -0.39 is 12.2 Å². The van der Waals surface area contributed by atoms with E-state index in [0.29, 0.717) is 12.2 Å². The Hall–Kier alpha value is -1.43. The van der Waals surface area contributed by atoms with E-state index in [9.17, 15) is 15.0 Å². The van der Waals surface area contributed by atoms with E-state index in [1.165, 1.54) is 0 Å². The number of hydrogen-bond acceptors (Lipinski definition) is 5. The van der Waals surface area contributed by atoms with Crippen molar-refractivity contribution in [3.05, 3.63) is 35.4 Å². The second kappa shape index (κ2) is 7.89. The molecule has 0 saturated heterocycles. The molecular weight excluding hydrogens is 248 g/mol. The lowest BCUT2D eigenvalue weighted by Crippen LogP contribution is -2.19. The quantitative estimate of drug-likeness (QED) is 0.629. The average molecular weight is 268 g/mol. The third-order valence-electron chi connectivity index (χ3n) is 2.76. The first-order chi connectivity index (χ1) is 9.08. The normalized spacial score (nSPS) is 13.9. The predicted octanol–water partition coefficient (Wildman–Crippen LogP) is 0.569. The number of esters is 1. The summed E-state index contributed by atoms with van der Waals surface area (Å²) in [6.07, 6.45) is -1.74. The molecule has 0 heterocycles. The predicted molar refractivity (Wildman–Crippen MR) is 69.4 cm³/mol. The summed E-state index contributed by atoms with van der Waals surface area (Å²) in [5, 5.41) is 28.1. The highest BCUT2D eigenvalue weighted by atomic mass is 16.5. The maximum atomic E-state index is 11.3. The van der Waals surface area contributed by atoms with Gasteiger partial charge in [0.2, 0.25) is 0 Å². The molecule has 0 radical (unpaired) electrons. The number of hydrogen-bond donors (Lipinski definition) is 3. The van der Waals surface area contributed by atoms with Crippen LogP contribution in [-0.4, -0.2) is 40.6 Å². The molecule has 2 unspecified atom stereocenters. The van der Waals surface area contributed by atoms with Crippen LogP contribution in [0.4, 0.5) is 0 Å². The van der Waals surface area contributed by atoms with Crippen molar-refractivity contribution >= 4 is 5.97 Å². The third-order valence-corrected chi connectivity index (χ3v) is 2.76. The molecule has 106 valence electrons. The summed E-state index contributed by atoms with van der Waals surface area (Å²) in [5.41, 5.74) is 1.33. The summed E-state index contributed by atoms with van der Waals surface area (Å²) in [6.45, 7) is 1.92. The maximum Gasteiger partial charge on any atom is 0.310 e. The molecule has 5 heteroatoms. The topological polar surface area (TPSA) is 87.0 Å². The maximum absolute atomic E-state index is 11.3. The Balaban J connectivity index is 2.63. The molecule has 0 amide bonds. The van der Waals surface area contributed by atoms with Gasteiger partial charge in [0.25, 0.3) is 0 Å². The molecule has 1 aromatic rings. The lowest BCUT2D eigenvalue weighted by Gasteiger charge is -2.17. The number of benzene rings is 1. The molecule has 0 saturated carbocycles. The second-order valence-corrected chi connectivity index (χ2v) is 4.25. The van der Waals surface area contributed by atoms with Gasteiger partial charge in [-0.2, -0.15) is 0 Å². The van der Waals surface area contributed by atoms with Gasteiger partial charge in [-0.05, 0) is 24.5 Å². The van der Waals surface area contributed by atoms with Crippen molar-refractivity contribution in [2.75, 3.05) is 13.2 Å². The minimum Gasteiger partial charge on any atom is -0.466 e. The zero-order chi connectivity index (χ0) is 14.3. The number of ether oxygens (including phenoxy) is 1. The van der Waals surface area contributed by atoms with Gasteiger partial charge >= 0.3 is 5.97 Å². The van der Waals surface area contributed by atoms with Gasteiger partial charge in [-0.3, -0.25) is 4.79 Å². The minimum absolute atomic E-state index is 0.117. The molecule has 1 rings (SSSR count). The first-order valence-corrected chi connectivity index (χ1v) is 6.30. The van der Waals surface area contributed by atoms with Gasteiger partial charge in [-0.1, -0.05) is 24.3 Å². The van der Waals surface area contributed by atoms with Gasteiger partial charge in [0.1, 0.15) is 6.10 Å². The molecule has 5 nitrogen and oxygen atoms in total. The van der Waals surface area contributed by atoms with E-state index in [4.69, 9.17) is 9.84 Å². The van der Waals surface area contributed by atoms with E-state index >= 15 is 0 Å². The summed E-state index contributed by atoms with van der Waals surface area (Å²) in [4.78, 5) is 11.3. The summed E-state index contributed by atoms with van der Waals surface area (Å²) >= 11 is 0. The monoisotopic (exact) mass is 268 g/mol. The zero-order valence-corrected chi connectivity index (χ0v) is 11.0. The van der Waals surface area contributed by atoms with Crippen molar-refractivity contribution in [2.24, 2.45) is 0 Å². The molecule has 0 bridgehead atoms. The second-order valence-electron chi connectivity index (χ2n) is 4.25. The van der Waals surface area contributed by atoms with Gasteiger partial charge < -0.3 is 20.1 Å². The Morgan fingerprint density at radius 2 is 1.89 bits per heavy atom. The van der Waals surface area contributed by atoms with E-state index in [-0.39, 0.29) is 25.4 Å². The summed E-state index contributed by atoms with van der Waals surface area (Å²) in [7, 11) is 0. The van der Waals surface area contributed by atoms with Crippen LogP contribution in [0.15, 0.2) is 24.3 Å². The first-order valence-electron chi connectivity index (χ1n) is 6.30. The van der Waals surface area contributed by atoms with Crippen molar-refractivity contribution in [1.82, 2.24) is 0 Å². The van der Waals surface area contributed by atoms with Crippen molar-refractivity contribution in [3.63, 3.8) is 0 Å². The van der Waals surface area contributed by atoms with Crippen molar-refractivity contribution in [3.8, 4) is 0 Å². The van der Waals surface area contributed by atoms with Crippen LogP contribution >= 0.6 is 0 Å². The van der Waals surface area contributed by atoms with E-state index in [1.807, 2.05) is 0 Å². The van der Waals surface area contributed by atoms with E-state index in [0.717, 1.165) is 5.56 Å². The van der Waals surface area contributed by atoms with Crippen LogP contribution in [-0.2, 0) is 16.0 Å². The Bertz CT molecular complexity index is 387. The Labute approximate surface area is 112 Å².